The molecule has 4 heteroatoms. The summed E-state index contributed by atoms with van der Waals surface area (Å²) in [6, 6.07) is 6.44. The molecule has 1 aromatic carbocycles. The van der Waals surface area contributed by atoms with Crippen molar-refractivity contribution in [2.45, 2.75) is 38.3 Å². The predicted octanol–water partition coefficient (Wildman–Crippen LogP) is 3.41. The summed E-state index contributed by atoms with van der Waals surface area (Å²) < 4.78 is 13.1. The molecule has 1 N–H and O–H groups in total. The fourth-order valence-electron chi connectivity index (χ4n) is 4.70. The van der Waals surface area contributed by atoms with Crippen LogP contribution >= 0.6 is 0 Å². The van der Waals surface area contributed by atoms with E-state index in [9.17, 15) is 14.3 Å². The van der Waals surface area contributed by atoms with Crippen LogP contribution in [0.25, 0.3) is 0 Å². The van der Waals surface area contributed by atoms with Crippen LogP contribution in [0.15, 0.2) is 36.1 Å². The number of rotatable bonds is 2. The Morgan fingerprint density at radius 1 is 1.09 bits per heavy atom. The lowest BCUT2D eigenvalue weighted by molar-refractivity contribution is -0.139. The number of aliphatic hydroxyl groups excluding tert-OH is 1. The SMILES string of the molecule is O=C1C=C(O)[C@@H]2C3CCC(CC3)[C@@H]2N1Cc1ccc(F)cc1. The van der Waals surface area contributed by atoms with Gasteiger partial charge in [0.15, 0.2) is 0 Å². The van der Waals surface area contributed by atoms with Gasteiger partial charge in [-0.3, -0.25) is 4.79 Å². The standard InChI is InChI=1S/C18H20FNO2/c19-14-7-1-11(2-8-14)10-20-16(22)9-15(21)17-12-3-5-13(6-4-12)18(17)20/h1-2,7-9,12-13,17-18,21H,3-6,10H2/t12?,13?,17-,18-/m0/s1. The summed E-state index contributed by atoms with van der Waals surface area (Å²) in [7, 11) is 0. The molecule has 1 aromatic rings. The summed E-state index contributed by atoms with van der Waals surface area (Å²) in [5.74, 6) is 0.979. The summed E-state index contributed by atoms with van der Waals surface area (Å²) in [5.41, 5.74) is 0.935. The third kappa shape index (κ3) is 2.13. The predicted molar refractivity (Wildman–Crippen MR) is 80.4 cm³/mol. The average molecular weight is 301 g/mol. The highest BCUT2D eigenvalue weighted by atomic mass is 19.1. The van der Waals surface area contributed by atoms with E-state index in [1.807, 2.05) is 4.90 Å². The van der Waals surface area contributed by atoms with E-state index >= 15 is 0 Å². The van der Waals surface area contributed by atoms with E-state index in [1.54, 1.807) is 12.1 Å². The van der Waals surface area contributed by atoms with Crippen molar-refractivity contribution in [3.63, 3.8) is 0 Å². The van der Waals surface area contributed by atoms with Gasteiger partial charge in [0.2, 0.25) is 0 Å². The Kier molecular flexibility index (Phi) is 3.21. The van der Waals surface area contributed by atoms with Gasteiger partial charge in [-0.15, -0.1) is 0 Å². The maximum atomic E-state index is 13.1. The number of hydrogen-bond donors (Lipinski definition) is 1. The van der Waals surface area contributed by atoms with Crippen molar-refractivity contribution < 1.29 is 14.3 Å². The van der Waals surface area contributed by atoms with E-state index in [2.05, 4.69) is 0 Å². The van der Waals surface area contributed by atoms with Crippen molar-refractivity contribution in [2.75, 3.05) is 0 Å². The zero-order chi connectivity index (χ0) is 15.3. The van der Waals surface area contributed by atoms with Crippen LogP contribution in [0.5, 0.6) is 0 Å². The van der Waals surface area contributed by atoms with Crippen LogP contribution in [-0.4, -0.2) is 22.0 Å². The van der Waals surface area contributed by atoms with E-state index in [0.29, 0.717) is 18.4 Å². The van der Waals surface area contributed by atoms with Crippen molar-refractivity contribution in [2.24, 2.45) is 17.8 Å². The summed E-state index contributed by atoms with van der Waals surface area (Å²) >= 11 is 0. The van der Waals surface area contributed by atoms with Crippen LogP contribution in [0.3, 0.4) is 0 Å². The lowest BCUT2D eigenvalue weighted by Crippen LogP contribution is -2.57. The van der Waals surface area contributed by atoms with Crippen molar-refractivity contribution >= 4 is 5.91 Å². The van der Waals surface area contributed by atoms with Gasteiger partial charge < -0.3 is 10.0 Å². The Bertz CT molecular complexity index is 616. The van der Waals surface area contributed by atoms with E-state index in [0.717, 1.165) is 31.2 Å². The maximum Gasteiger partial charge on any atom is 0.250 e. The number of amides is 1. The molecule has 4 aliphatic rings. The summed E-state index contributed by atoms with van der Waals surface area (Å²) in [5, 5.41) is 10.3. The minimum absolute atomic E-state index is 0.102. The third-order valence-electron chi connectivity index (χ3n) is 5.70. The molecule has 22 heavy (non-hydrogen) atoms. The average Bonchev–Trinajstić information content (AvgIpc) is 2.53. The van der Waals surface area contributed by atoms with Crippen LogP contribution in [0.1, 0.15) is 31.2 Å². The fourth-order valence-corrected chi connectivity index (χ4v) is 4.70. The lowest BCUT2D eigenvalue weighted by atomic mass is 9.59. The van der Waals surface area contributed by atoms with Crippen molar-refractivity contribution in [1.82, 2.24) is 4.90 Å². The van der Waals surface area contributed by atoms with Gasteiger partial charge in [-0.2, -0.15) is 0 Å². The minimum atomic E-state index is -0.263. The molecule has 1 amide bonds. The van der Waals surface area contributed by atoms with Gasteiger partial charge in [-0.1, -0.05) is 12.1 Å². The molecular weight excluding hydrogens is 281 g/mol. The van der Waals surface area contributed by atoms with E-state index in [-0.39, 0.29) is 29.4 Å². The van der Waals surface area contributed by atoms with Crippen molar-refractivity contribution in [3.8, 4) is 0 Å². The normalized spacial score (nSPS) is 33.6. The highest BCUT2D eigenvalue weighted by molar-refractivity contribution is 5.89. The Morgan fingerprint density at radius 3 is 2.41 bits per heavy atom. The Morgan fingerprint density at radius 2 is 1.73 bits per heavy atom. The number of hydrogen-bond acceptors (Lipinski definition) is 2. The summed E-state index contributed by atoms with van der Waals surface area (Å²) in [6.07, 6.45) is 5.99. The zero-order valence-electron chi connectivity index (χ0n) is 12.4. The Labute approximate surface area is 129 Å². The molecular formula is C18H20FNO2. The number of halogens is 1. The largest absolute Gasteiger partial charge is 0.512 e. The van der Waals surface area contributed by atoms with Crippen LogP contribution in [-0.2, 0) is 11.3 Å². The molecule has 2 bridgehead atoms. The highest BCUT2D eigenvalue weighted by Gasteiger charge is 2.50. The number of carbonyl (C=O) groups is 1. The Balaban J connectivity index is 1.66. The topological polar surface area (TPSA) is 40.5 Å². The van der Waals surface area contributed by atoms with Gasteiger partial charge in [0.05, 0.1) is 0 Å². The quantitative estimate of drug-likeness (QED) is 0.909. The molecule has 2 atom stereocenters. The van der Waals surface area contributed by atoms with Gasteiger partial charge in [0.25, 0.3) is 5.91 Å². The molecule has 116 valence electrons. The number of aliphatic hydroxyl groups is 1. The number of fused-ring (bicyclic) bond motifs is 2. The summed E-state index contributed by atoms with van der Waals surface area (Å²) in [6.45, 7) is 0.493. The lowest BCUT2D eigenvalue weighted by Gasteiger charge is -2.53. The van der Waals surface area contributed by atoms with Gasteiger partial charge in [0.1, 0.15) is 11.6 Å². The fraction of sp³-hybridized carbons (Fsp3) is 0.500. The van der Waals surface area contributed by atoms with Crippen LogP contribution in [0, 0.1) is 23.6 Å². The smallest absolute Gasteiger partial charge is 0.250 e. The monoisotopic (exact) mass is 301 g/mol. The molecule has 1 aliphatic heterocycles. The first kappa shape index (κ1) is 13.8. The van der Waals surface area contributed by atoms with Gasteiger partial charge in [-0.25, -0.2) is 4.39 Å². The molecule has 3 saturated carbocycles. The first-order chi connectivity index (χ1) is 10.6. The highest BCUT2D eigenvalue weighted by Crippen LogP contribution is 2.51. The second-order valence-corrected chi connectivity index (χ2v) is 6.85. The van der Waals surface area contributed by atoms with Crippen LogP contribution in [0.2, 0.25) is 0 Å². The molecule has 0 aromatic heterocycles. The van der Waals surface area contributed by atoms with Crippen LogP contribution in [0.4, 0.5) is 4.39 Å². The van der Waals surface area contributed by atoms with Gasteiger partial charge in [0, 0.05) is 24.6 Å². The number of nitrogens with zero attached hydrogens (tertiary/aromatic N) is 1. The molecule has 0 radical (unpaired) electrons. The van der Waals surface area contributed by atoms with Crippen LogP contribution < -0.4 is 0 Å². The summed E-state index contributed by atoms with van der Waals surface area (Å²) in [4.78, 5) is 14.3. The molecule has 3 aliphatic carbocycles. The first-order valence-corrected chi connectivity index (χ1v) is 8.09. The maximum absolute atomic E-state index is 13.1. The molecule has 3 fully saturated rings. The molecule has 0 spiro atoms. The van der Waals surface area contributed by atoms with Gasteiger partial charge in [-0.05, 0) is 55.2 Å². The second kappa shape index (κ2) is 5.11. The third-order valence-corrected chi connectivity index (χ3v) is 5.70. The van der Waals surface area contributed by atoms with Gasteiger partial charge >= 0.3 is 0 Å². The van der Waals surface area contributed by atoms with E-state index in [4.69, 9.17) is 0 Å². The molecule has 3 nitrogen and oxygen atoms in total. The van der Waals surface area contributed by atoms with Crippen molar-refractivity contribution in [3.05, 3.63) is 47.5 Å². The zero-order valence-corrected chi connectivity index (χ0v) is 12.4. The number of carbonyl (C=O) groups excluding carboxylic acids is 1. The first-order valence-electron chi connectivity index (χ1n) is 8.09. The molecule has 0 unspecified atom stereocenters. The van der Waals surface area contributed by atoms with Crippen molar-refractivity contribution in [1.29, 1.82) is 0 Å². The second-order valence-electron chi connectivity index (χ2n) is 6.85. The number of benzene rings is 1. The van der Waals surface area contributed by atoms with E-state index < -0.39 is 0 Å². The molecule has 0 saturated heterocycles. The van der Waals surface area contributed by atoms with E-state index in [1.165, 1.54) is 18.2 Å². The Hall–Kier alpha value is -1.84. The molecule has 1 heterocycles. The molecule has 5 rings (SSSR count). The minimum Gasteiger partial charge on any atom is -0.512 e.